The zero-order chi connectivity index (χ0) is 22.8. The fourth-order valence-corrected chi connectivity index (χ4v) is 5.49. The molecule has 0 radical (unpaired) electrons. The standard InChI is InChI=1S/C24H37BrN8/c1-24(2)8-13-31(17-24)10-3-9-26-22-21(25)15-27-23(30-22)29-18-14-28-33(16-18)20-6-11-32(12-7-20)19-4-5-19/h14-16,19-20H,3-13,17H2,1-2H3,(H2,26,27,29,30). The van der Waals surface area contributed by atoms with Crippen molar-refractivity contribution in [2.45, 2.75) is 64.5 Å². The smallest absolute Gasteiger partial charge is 0.229 e. The summed E-state index contributed by atoms with van der Waals surface area (Å²) in [6.07, 6.45) is 13.3. The summed E-state index contributed by atoms with van der Waals surface area (Å²) in [5.74, 6) is 1.42. The van der Waals surface area contributed by atoms with Crippen molar-refractivity contribution >= 4 is 33.4 Å². The fourth-order valence-electron chi connectivity index (χ4n) is 5.16. The normalized spacial score (nSPS) is 22.0. The third-order valence-electron chi connectivity index (χ3n) is 7.24. The topological polar surface area (TPSA) is 74.1 Å². The largest absolute Gasteiger partial charge is 0.369 e. The molecule has 2 aliphatic heterocycles. The van der Waals surface area contributed by atoms with Crippen LogP contribution in [0.25, 0.3) is 0 Å². The number of rotatable bonds is 9. The number of likely N-dealkylation sites (tertiary alicyclic amines) is 2. The second-order valence-corrected chi connectivity index (χ2v) is 11.5. The number of piperidine rings is 1. The van der Waals surface area contributed by atoms with Crippen LogP contribution < -0.4 is 10.6 Å². The van der Waals surface area contributed by atoms with Crippen LogP contribution in [-0.2, 0) is 0 Å². The molecular weight excluding hydrogens is 480 g/mol. The van der Waals surface area contributed by atoms with Crippen molar-refractivity contribution in [3.05, 3.63) is 23.1 Å². The SMILES string of the molecule is CC1(C)CCN(CCCNc2nc(Nc3cnn(C4CCN(C5CC5)CC4)c3)ncc2Br)C1. The molecule has 8 nitrogen and oxygen atoms in total. The average molecular weight is 518 g/mol. The molecule has 2 aromatic rings. The van der Waals surface area contributed by atoms with Gasteiger partial charge in [0.25, 0.3) is 0 Å². The van der Waals surface area contributed by atoms with Gasteiger partial charge in [-0.05, 0) is 73.0 Å². The summed E-state index contributed by atoms with van der Waals surface area (Å²) >= 11 is 3.58. The van der Waals surface area contributed by atoms with Gasteiger partial charge in [0, 0.05) is 44.6 Å². The molecule has 1 saturated carbocycles. The number of nitrogens with zero attached hydrogens (tertiary/aromatic N) is 6. The van der Waals surface area contributed by atoms with Crippen LogP contribution in [0.1, 0.15) is 58.4 Å². The van der Waals surface area contributed by atoms with E-state index in [4.69, 9.17) is 0 Å². The highest BCUT2D eigenvalue weighted by Crippen LogP contribution is 2.33. The van der Waals surface area contributed by atoms with Gasteiger partial charge >= 0.3 is 0 Å². The van der Waals surface area contributed by atoms with E-state index >= 15 is 0 Å². The molecule has 180 valence electrons. The van der Waals surface area contributed by atoms with Crippen LogP contribution in [0.3, 0.4) is 0 Å². The minimum atomic E-state index is 0.464. The Morgan fingerprint density at radius 3 is 2.64 bits per heavy atom. The van der Waals surface area contributed by atoms with E-state index in [0.29, 0.717) is 17.4 Å². The number of halogens is 1. The van der Waals surface area contributed by atoms with E-state index in [9.17, 15) is 0 Å². The van der Waals surface area contributed by atoms with Crippen molar-refractivity contribution in [3.8, 4) is 0 Å². The van der Waals surface area contributed by atoms with Gasteiger partial charge in [0.15, 0.2) is 0 Å². The molecule has 0 unspecified atom stereocenters. The van der Waals surface area contributed by atoms with Crippen molar-refractivity contribution in [2.75, 3.05) is 49.9 Å². The van der Waals surface area contributed by atoms with Crippen molar-refractivity contribution in [1.29, 1.82) is 0 Å². The van der Waals surface area contributed by atoms with Crippen molar-refractivity contribution < 1.29 is 0 Å². The molecule has 0 aromatic carbocycles. The van der Waals surface area contributed by atoms with E-state index in [0.717, 1.165) is 41.5 Å². The Labute approximate surface area is 205 Å². The van der Waals surface area contributed by atoms with Crippen LogP contribution in [-0.4, -0.2) is 74.9 Å². The zero-order valence-corrected chi connectivity index (χ0v) is 21.5. The van der Waals surface area contributed by atoms with E-state index in [2.05, 4.69) is 76.2 Å². The van der Waals surface area contributed by atoms with E-state index in [1.807, 2.05) is 6.20 Å². The molecule has 2 aromatic heterocycles. The van der Waals surface area contributed by atoms with E-state index in [1.54, 1.807) is 6.20 Å². The van der Waals surface area contributed by atoms with Gasteiger partial charge in [-0.25, -0.2) is 4.98 Å². The molecule has 0 amide bonds. The number of aromatic nitrogens is 4. The van der Waals surface area contributed by atoms with Gasteiger partial charge in [-0.3, -0.25) is 4.68 Å². The van der Waals surface area contributed by atoms with Gasteiger partial charge < -0.3 is 20.4 Å². The van der Waals surface area contributed by atoms with Gasteiger partial charge in [-0.15, -0.1) is 0 Å². The lowest BCUT2D eigenvalue weighted by atomic mass is 9.93. The second kappa shape index (κ2) is 9.88. The highest BCUT2D eigenvalue weighted by atomic mass is 79.9. The Balaban J connectivity index is 1.10. The molecule has 4 heterocycles. The lowest BCUT2D eigenvalue weighted by Gasteiger charge is -2.31. The third-order valence-corrected chi connectivity index (χ3v) is 7.82. The van der Waals surface area contributed by atoms with Crippen molar-refractivity contribution in [3.63, 3.8) is 0 Å². The first kappa shape index (κ1) is 23.1. The fraction of sp³-hybridized carbons (Fsp3) is 0.708. The maximum Gasteiger partial charge on any atom is 0.229 e. The average Bonchev–Trinajstić information content (AvgIpc) is 3.45. The maximum atomic E-state index is 4.68. The van der Waals surface area contributed by atoms with Gasteiger partial charge in [-0.2, -0.15) is 10.1 Å². The molecule has 0 atom stereocenters. The first-order chi connectivity index (χ1) is 15.9. The molecule has 9 heteroatoms. The van der Waals surface area contributed by atoms with Crippen LogP contribution in [0.15, 0.2) is 23.1 Å². The Morgan fingerprint density at radius 1 is 1.09 bits per heavy atom. The minimum Gasteiger partial charge on any atom is -0.369 e. The molecule has 33 heavy (non-hydrogen) atoms. The molecule has 2 N–H and O–H groups in total. The van der Waals surface area contributed by atoms with Gasteiger partial charge in [-0.1, -0.05) is 13.8 Å². The van der Waals surface area contributed by atoms with Crippen molar-refractivity contribution in [2.24, 2.45) is 5.41 Å². The molecule has 1 aliphatic carbocycles. The summed E-state index contributed by atoms with van der Waals surface area (Å²) in [7, 11) is 0. The second-order valence-electron chi connectivity index (χ2n) is 10.7. The van der Waals surface area contributed by atoms with Crippen LogP contribution in [0.5, 0.6) is 0 Å². The highest BCUT2D eigenvalue weighted by Gasteiger charge is 2.32. The molecular formula is C24H37BrN8. The lowest BCUT2D eigenvalue weighted by Crippen LogP contribution is -2.36. The number of anilines is 3. The molecule has 2 saturated heterocycles. The summed E-state index contributed by atoms with van der Waals surface area (Å²) in [5, 5.41) is 11.4. The molecule has 3 fully saturated rings. The van der Waals surface area contributed by atoms with Crippen molar-refractivity contribution in [1.82, 2.24) is 29.5 Å². The van der Waals surface area contributed by atoms with E-state index < -0.39 is 0 Å². The van der Waals surface area contributed by atoms with Gasteiger partial charge in [0.1, 0.15) is 5.82 Å². The highest BCUT2D eigenvalue weighted by molar-refractivity contribution is 9.10. The summed E-state index contributed by atoms with van der Waals surface area (Å²) in [6.45, 7) is 11.5. The predicted molar refractivity (Wildman–Crippen MR) is 136 cm³/mol. The third kappa shape index (κ3) is 6.05. The van der Waals surface area contributed by atoms with E-state index in [-0.39, 0.29) is 0 Å². The Kier molecular flexibility index (Phi) is 6.90. The summed E-state index contributed by atoms with van der Waals surface area (Å²) in [6, 6.07) is 1.35. The van der Waals surface area contributed by atoms with Gasteiger partial charge in [0.2, 0.25) is 5.95 Å². The van der Waals surface area contributed by atoms with E-state index in [1.165, 1.54) is 58.3 Å². The molecule has 0 spiro atoms. The summed E-state index contributed by atoms with van der Waals surface area (Å²) in [5.41, 5.74) is 1.40. The number of hydrogen-bond acceptors (Lipinski definition) is 7. The first-order valence-corrected chi connectivity index (χ1v) is 13.3. The summed E-state index contributed by atoms with van der Waals surface area (Å²) in [4.78, 5) is 14.3. The monoisotopic (exact) mass is 516 g/mol. The summed E-state index contributed by atoms with van der Waals surface area (Å²) < 4.78 is 3.00. The number of hydrogen-bond donors (Lipinski definition) is 2. The molecule has 0 bridgehead atoms. The van der Waals surface area contributed by atoms with Crippen LogP contribution in [0.2, 0.25) is 0 Å². The van der Waals surface area contributed by atoms with Crippen LogP contribution in [0, 0.1) is 5.41 Å². The predicted octanol–water partition coefficient (Wildman–Crippen LogP) is 4.51. The molecule has 5 rings (SSSR count). The first-order valence-electron chi connectivity index (χ1n) is 12.5. The maximum absolute atomic E-state index is 4.68. The Morgan fingerprint density at radius 2 is 1.91 bits per heavy atom. The Bertz CT molecular complexity index is 932. The quantitative estimate of drug-likeness (QED) is 0.474. The zero-order valence-electron chi connectivity index (χ0n) is 19.9. The minimum absolute atomic E-state index is 0.464. The lowest BCUT2D eigenvalue weighted by molar-refractivity contribution is 0.172. The van der Waals surface area contributed by atoms with Crippen LogP contribution >= 0.6 is 15.9 Å². The van der Waals surface area contributed by atoms with Gasteiger partial charge in [0.05, 0.1) is 22.4 Å². The molecule has 3 aliphatic rings. The Hall–Kier alpha value is -1.71. The van der Waals surface area contributed by atoms with Crippen LogP contribution in [0.4, 0.5) is 17.5 Å². The number of nitrogens with one attached hydrogen (secondary N) is 2.